The second kappa shape index (κ2) is 5.68. The van der Waals surface area contributed by atoms with Crippen LogP contribution in [-0.4, -0.2) is 40.5 Å². The smallest absolute Gasteiger partial charge is 0.275 e. The van der Waals surface area contributed by atoms with Gasteiger partial charge in [-0.25, -0.2) is 4.98 Å². The summed E-state index contributed by atoms with van der Waals surface area (Å²) < 4.78 is 10.9. The monoisotopic (exact) mass is 313 g/mol. The van der Waals surface area contributed by atoms with Crippen LogP contribution >= 0.6 is 0 Å². The molecule has 1 amide bonds. The van der Waals surface area contributed by atoms with Crippen LogP contribution in [0, 0.1) is 11.3 Å². The third-order valence-corrected chi connectivity index (χ3v) is 5.14. The lowest BCUT2D eigenvalue weighted by atomic mass is 9.81. The zero-order chi connectivity index (χ0) is 15.7. The van der Waals surface area contributed by atoms with E-state index in [0.29, 0.717) is 18.2 Å². The minimum absolute atomic E-state index is 0.0473. The molecule has 0 aromatic carbocycles. The van der Waals surface area contributed by atoms with Gasteiger partial charge in [-0.15, -0.1) is 0 Å². The maximum absolute atomic E-state index is 12.5. The average Bonchev–Trinajstić information content (AvgIpc) is 3.29. The van der Waals surface area contributed by atoms with Crippen LogP contribution in [0.3, 0.4) is 0 Å². The van der Waals surface area contributed by atoms with Crippen molar-refractivity contribution in [2.24, 2.45) is 11.3 Å². The van der Waals surface area contributed by atoms with Crippen molar-refractivity contribution in [3.05, 3.63) is 42.9 Å². The van der Waals surface area contributed by atoms with Crippen LogP contribution in [0.15, 0.2) is 41.6 Å². The highest BCUT2D eigenvalue weighted by Gasteiger charge is 2.51. The summed E-state index contributed by atoms with van der Waals surface area (Å²) >= 11 is 0. The largest absolute Gasteiger partial charge is 0.491 e. The van der Waals surface area contributed by atoms with Crippen molar-refractivity contribution in [3.8, 4) is 5.75 Å². The predicted molar refractivity (Wildman–Crippen MR) is 81.9 cm³/mol. The molecule has 2 fully saturated rings. The van der Waals surface area contributed by atoms with Crippen LogP contribution in [0.5, 0.6) is 5.75 Å². The zero-order valence-corrected chi connectivity index (χ0v) is 12.9. The number of aromatic nitrogens is 2. The molecular weight excluding hydrogens is 294 g/mol. The van der Waals surface area contributed by atoms with Crippen LogP contribution < -0.4 is 4.74 Å². The number of fused-ring (bicyclic) bond motifs is 1. The molecule has 3 heterocycles. The third kappa shape index (κ3) is 2.58. The molecule has 2 atom stereocenters. The van der Waals surface area contributed by atoms with Gasteiger partial charge in [0.1, 0.15) is 12.0 Å². The lowest BCUT2D eigenvalue weighted by molar-refractivity contribution is 0.0740. The fourth-order valence-electron chi connectivity index (χ4n) is 3.94. The number of hydrogen-bond donors (Lipinski definition) is 0. The van der Waals surface area contributed by atoms with E-state index in [0.717, 1.165) is 31.7 Å². The van der Waals surface area contributed by atoms with Gasteiger partial charge < -0.3 is 14.1 Å². The maximum Gasteiger partial charge on any atom is 0.275 e. The molecular formula is C17H19N3O3. The normalized spacial score (nSPS) is 26.3. The molecule has 1 saturated carbocycles. The van der Waals surface area contributed by atoms with Gasteiger partial charge in [0.05, 0.1) is 12.8 Å². The molecule has 4 rings (SSSR count). The number of pyridine rings is 1. The lowest BCUT2D eigenvalue weighted by Gasteiger charge is -2.28. The van der Waals surface area contributed by atoms with Gasteiger partial charge in [0.2, 0.25) is 0 Å². The Morgan fingerprint density at radius 1 is 1.52 bits per heavy atom. The standard InChI is InChI=1S/C17H19N3O3/c21-16(15-9-22-12-19-15)20-8-13-3-1-5-17(13,10-20)11-23-14-4-2-6-18-7-14/h2,4,6-7,9,12-13H,1,3,5,8,10-11H2/t13-,17+/m1/s1. The molecule has 2 aromatic heterocycles. The van der Waals surface area contributed by atoms with Crippen molar-refractivity contribution < 1.29 is 13.9 Å². The van der Waals surface area contributed by atoms with Gasteiger partial charge in [-0.05, 0) is 30.9 Å². The summed E-state index contributed by atoms with van der Waals surface area (Å²) in [5.41, 5.74) is 0.434. The van der Waals surface area contributed by atoms with Gasteiger partial charge in [0.25, 0.3) is 5.91 Å². The summed E-state index contributed by atoms with van der Waals surface area (Å²) in [7, 11) is 0. The van der Waals surface area contributed by atoms with Gasteiger partial charge in [-0.1, -0.05) is 6.42 Å². The molecule has 23 heavy (non-hydrogen) atoms. The minimum Gasteiger partial charge on any atom is -0.491 e. The average molecular weight is 313 g/mol. The highest BCUT2D eigenvalue weighted by Crippen LogP contribution is 2.49. The number of rotatable bonds is 4. The number of carbonyl (C=O) groups excluding carboxylic acids is 1. The number of ether oxygens (including phenoxy) is 1. The zero-order valence-electron chi connectivity index (χ0n) is 12.9. The first-order valence-corrected chi connectivity index (χ1v) is 7.97. The number of likely N-dealkylation sites (tertiary alicyclic amines) is 1. The Hall–Kier alpha value is -2.37. The van der Waals surface area contributed by atoms with E-state index < -0.39 is 0 Å². The summed E-state index contributed by atoms with van der Waals surface area (Å²) in [5, 5.41) is 0. The van der Waals surface area contributed by atoms with Gasteiger partial charge in [0, 0.05) is 24.7 Å². The molecule has 120 valence electrons. The number of hydrogen-bond acceptors (Lipinski definition) is 5. The molecule has 6 heteroatoms. The summed E-state index contributed by atoms with van der Waals surface area (Å²) in [4.78, 5) is 22.5. The Kier molecular flexibility index (Phi) is 3.52. The van der Waals surface area contributed by atoms with Gasteiger partial charge in [-0.2, -0.15) is 0 Å². The van der Waals surface area contributed by atoms with E-state index in [1.807, 2.05) is 17.0 Å². The molecule has 1 aliphatic carbocycles. The first-order chi connectivity index (χ1) is 11.3. The molecule has 2 aromatic rings. The summed E-state index contributed by atoms with van der Waals surface area (Å²) in [6.45, 7) is 2.14. The van der Waals surface area contributed by atoms with Crippen molar-refractivity contribution in [1.82, 2.24) is 14.9 Å². The Bertz CT molecular complexity index is 674. The Labute approximate surface area is 134 Å². The summed E-state index contributed by atoms with van der Waals surface area (Å²) in [6.07, 6.45) is 9.62. The topological polar surface area (TPSA) is 68.5 Å². The Morgan fingerprint density at radius 3 is 3.26 bits per heavy atom. The van der Waals surface area contributed by atoms with Crippen molar-refractivity contribution in [2.75, 3.05) is 19.7 Å². The molecule has 0 radical (unpaired) electrons. The molecule has 6 nitrogen and oxygen atoms in total. The van der Waals surface area contributed by atoms with E-state index in [1.165, 1.54) is 19.1 Å². The van der Waals surface area contributed by atoms with Gasteiger partial charge in [0.15, 0.2) is 12.1 Å². The van der Waals surface area contributed by atoms with Crippen molar-refractivity contribution in [1.29, 1.82) is 0 Å². The molecule has 0 spiro atoms. The lowest BCUT2D eigenvalue weighted by Crippen LogP contribution is -2.35. The number of oxazole rings is 1. The molecule has 2 aliphatic rings. The Morgan fingerprint density at radius 2 is 2.48 bits per heavy atom. The summed E-state index contributed by atoms with van der Waals surface area (Å²) in [5.74, 6) is 1.23. The van der Waals surface area contributed by atoms with Crippen LogP contribution in [0.4, 0.5) is 0 Å². The second-order valence-corrected chi connectivity index (χ2v) is 6.49. The first-order valence-electron chi connectivity index (χ1n) is 7.97. The van der Waals surface area contributed by atoms with Crippen LogP contribution in [0.1, 0.15) is 29.8 Å². The van der Waals surface area contributed by atoms with Crippen molar-refractivity contribution >= 4 is 5.91 Å². The minimum atomic E-state index is -0.0473. The van der Waals surface area contributed by atoms with Gasteiger partial charge >= 0.3 is 0 Å². The second-order valence-electron chi connectivity index (χ2n) is 6.49. The van der Waals surface area contributed by atoms with Crippen LogP contribution in [0.25, 0.3) is 0 Å². The van der Waals surface area contributed by atoms with Crippen molar-refractivity contribution in [2.45, 2.75) is 19.3 Å². The van der Waals surface area contributed by atoms with E-state index in [1.54, 1.807) is 12.4 Å². The quantitative estimate of drug-likeness (QED) is 0.867. The van der Waals surface area contributed by atoms with Gasteiger partial charge in [-0.3, -0.25) is 9.78 Å². The predicted octanol–water partition coefficient (Wildman–Crippen LogP) is 2.39. The fourth-order valence-corrected chi connectivity index (χ4v) is 3.94. The summed E-state index contributed by atoms with van der Waals surface area (Å²) in [6, 6.07) is 3.79. The van der Waals surface area contributed by atoms with E-state index in [4.69, 9.17) is 9.15 Å². The molecule has 1 saturated heterocycles. The first kappa shape index (κ1) is 14.2. The van der Waals surface area contributed by atoms with Crippen LogP contribution in [-0.2, 0) is 0 Å². The fraction of sp³-hybridized carbons (Fsp3) is 0.471. The Balaban J connectivity index is 1.47. The molecule has 1 aliphatic heterocycles. The number of carbonyl (C=O) groups is 1. The van der Waals surface area contributed by atoms with E-state index >= 15 is 0 Å². The molecule has 0 bridgehead atoms. The molecule has 0 unspecified atom stereocenters. The van der Waals surface area contributed by atoms with Crippen LogP contribution in [0.2, 0.25) is 0 Å². The number of nitrogens with zero attached hydrogens (tertiary/aromatic N) is 3. The maximum atomic E-state index is 12.5. The van der Waals surface area contributed by atoms with E-state index in [2.05, 4.69) is 9.97 Å². The highest BCUT2D eigenvalue weighted by molar-refractivity contribution is 5.92. The highest BCUT2D eigenvalue weighted by atomic mass is 16.5. The van der Waals surface area contributed by atoms with E-state index in [9.17, 15) is 4.79 Å². The van der Waals surface area contributed by atoms with E-state index in [-0.39, 0.29) is 11.3 Å². The third-order valence-electron chi connectivity index (χ3n) is 5.14. The molecule has 0 N–H and O–H groups in total. The SMILES string of the molecule is O=C(c1cocn1)N1C[C@H]2CCC[C@@]2(COc2cccnc2)C1. The number of amides is 1. The van der Waals surface area contributed by atoms with Crippen molar-refractivity contribution in [3.63, 3.8) is 0 Å².